The number of fused-ring (bicyclic) bond motifs is 1. The number of nitrogens with one attached hydrogen (secondary N) is 2. The monoisotopic (exact) mass is 603 g/mol. The Balaban J connectivity index is 1.40. The van der Waals surface area contributed by atoms with Crippen LogP contribution in [0.15, 0.2) is 47.4 Å². The molecule has 0 saturated carbocycles. The number of H-pyrrole nitrogens is 1. The first-order valence-corrected chi connectivity index (χ1v) is 15.9. The predicted octanol–water partition coefficient (Wildman–Crippen LogP) is 3.92. The van der Waals surface area contributed by atoms with Gasteiger partial charge >= 0.3 is 0 Å². The third-order valence-corrected chi connectivity index (χ3v) is 9.69. The second-order valence-corrected chi connectivity index (χ2v) is 13.5. The number of anilines is 1. The first-order valence-electron chi connectivity index (χ1n) is 14.1. The highest BCUT2D eigenvalue weighted by atomic mass is 35.5. The van der Waals surface area contributed by atoms with Gasteiger partial charge in [-0.15, -0.1) is 0 Å². The van der Waals surface area contributed by atoms with E-state index in [0.29, 0.717) is 33.3 Å². The molecule has 1 unspecified atom stereocenters. The number of para-hydroxylation sites is 1. The van der Waals surface area contributed by atoms with Crippen molar-refractivity contribution in [2.75, 3.05) is 51.3 Å². The Hall–Kier alpha value is -2.83. The molecule has 2 aliphatic rings. The molecule has 12 heteroatoms. The van der Waals surface area contributed by atoms with Gasteiger partial charge in [0.05, 0.1) is 17.8 Å². The average molecular weight is 604 g/mol. The number of aromatic nitrogens is 1. The van der Waals surface area contributed by atoms with E-state index in [1.807, 2.05) is 30.3 Å². The Morgan fingerprint density at radius 1 is 1.20 bits per heavy atom. The number of nitrogens with two attached hydrogens (primary N) is 1. The lowest BCUT2D eigenvalue weighted by atomic mass is 10.0. The van der Waals surface area contributed by atoms with Crippen molar-refractivity contribution in [3.8, 4) is 5.75 Å². The Kier molecular flexibility index (Phi) is 9.10. The molecule has 41 heavy (non-hydrogen) atoms. The van der Waals surface area contributed by atoms with Crippen LogP contribution >= 0.6 is 11.6 Å². The molecule has 4 N–H and O–H groups in total. The molecule has 2 aromatic carbocycles. The second kappa shape index (κ2) is 12.6. The molecule has 3 heterocycles. The molecule has 0 spiro atoms. The molecule has 0 bridgehead atoms. The summed E-state index contributed by atoms with van der Waals surface area (Å²) in [6.07, 6.45) is 1.40. The molecule has 5 rings (SSSR count). The molecule has 1 aromatic heterocycles. The highest BCUT2D eigenvalue weighted by Gasteiger charge is 2.37. The molecule has 1 amide bonds. The predicted molar refractivity (Wildman–Crippen MR) is 160 cm³/mol. The summed E-state index contributed by atoms with van der Waals surface area (Å²) in [7, 11) is -4.15. The number of likely N-dealkylation sites (tertiary alicyclic amines) is 1. The van der Waals surface area contributed by atoms with Crippen LogP contribution in [-0.4, -0.2) is 86.6 Å². The van der Waals surface area contributed by atoms with Gasteiger partial charge < -0.3 is 30.4 Å². The molecule has 3 aromatic rings. The summed E-state index contributed by atoms with van der Waals surface area (Å²) in [5.41, 5.74) is 6.69. The lowest BCUT2D eigenvalue weighted by Crippen LogP contribution is -2.47. The number of amides is 1. The third-order valence-electron chi connectivity index (χ3n) is 7.52. The number of hydrogen-bond acceptors (Lipinski definition) is 7. The van der Waals surface area contributed by atoms with Crippen molar-refractivity contribution in [3.05, 3.63) is 53.2 Å². The fraction of sp³-hybridized carbons (Fsp3) is 0.483. The van der Waals surface area contributed by atoms with Crippen LogP contribution in [0.25, 0.3) is 10.9 Å². The van der Waals surface area contributed by atoms with Crippen LogP contribution in [0.3, 0.4) is 0 Å². The number of rotatable bonds is 10. The van der Waals surface area contributed by atoms with Crippen LogP contribution in [0.2, 0.25) is 5.02 Å². The van der Waals surface area contributed by atoms with Crippen molar-refractivity contribution in [3.63, 3.8) is 0 Å². The number of nitrogens with zero attached hydrogens (tertiary/aromatic N) is 2. The number of morpholine rings is 1. The Bertz CT molecular complexity index is 1470. The second-order valence-electron chi connectivity index (χ2n) is 11.2. The van der Waals surface area contributed by atoms with Crippen molar-refractivity contribution < 1.29 is 22.7 Å². The summed E-state index contributed by atoms with van der Waals surface area (Å²) in [5.74, 6) is 0.418. The van der Waals surface area contributed by atoms with Gasteiger partial charge in [0.15, 0.2) is 0 Å². The van der Waals surface area contributed by atoms with Gasteiger partial charge in [-0.2, -0.15) is 4.31 Å². The summed E-state index contributed by atoms with van der Waals surface area (Å²) in [6.45, 7) is 8.03. The van der Waals surface area contributed by atoms with Crippen LogP contribution in [0.5, 0.6) is 5.75 Å². The number of primary amides is 1. The normalized spacial score (nSPS) is 19.6. The van der Waals surface area contributed by atoms with E-state index in [0.717, 1.165) is 32.5 Å². The van der Waals surface area contributed by atoms with Crippen molar-refractivity contribution in [2.24, 2.45) is 11.7 Å². The van der Waals surface area contributed by atoms with E-state index in [2.05, 4.69) is 29.0 Å². The maximum absolute atomic E-state index is 14.1. The van der Waals surface area contributed by atoms with Gasteiger partial charge in [-0.1, -0.05) is 43.6 Å². The number of piperidine rings is 1. The molecule has 1 atom stereocenters. The molecular weight excluding hydrogens is 566 g/mol. The van der Waals surface area contributed by atoms with E-state index < -0.39 is 22.0 Å². The number of ether oxygens (including phenoxy) is 2. The fourth-order valence-electron chi connectivity index (χ4n) is 5.63. The Morgan fingerprint density at radius 3 is 2.61 bits per heavy atom. The van der Waals surface area contributed by atoms with E-state index in [1.165, 1.54) is 4.31 Å². The van der Waals surface area contributed by atoms with Gasteiger partial charge in [0, 0.05) is 49.2 Å². The maximum Gasteiger partial charge on any atom is 0.266 e. The van der Waals surface area contributed by atoms with E-state index in [-0.39, 0.29) is 42.9 Å². The van der Waals surface area contributed by atoms with Gasteiger partial charge in [0.2, 0.25) is 10.0 Å². The molecule has 0 radical (unpaired) electrons. The number of hydrogen-bond donors (Lipinski definition) is 3. The van der Waals surface area contributed by atoms with Crippen molar-refractivity contribution in [1.29, 1.82) is 0 Å². The van der Waals surface area contributed by atoms with Gasteiger partial charge in [-0.3, -0.25) is 4.79 Å². The number of carbonyl (C=O) groups is 1. The molecule has 10 nitrogen and oxygen atoms in total. The number of benzene rings is 2. The SMILES string of the molecule is CC(C)CN1CCC(Nc2cc(Cl)cc3c(S(=O)(=O)N4CCOC(COc5ccccc5)C4)c(C(N)=O)[nH]c23)CC1. The standard InChI is InChI=1S/C29H38ClN5O5S/c1-19(2)16-34-10-8-21(9-11-34)32-25-15-20(30)14-24-26(25)33-27(29(31)36)28(24)41(37,38)35-12-13-39-23(17-35)18-40-22-6-4-3-5-7-22/h3-7,14-15,19,21,23,32-33H,8-13,16-18H2,1-2H3,(H2,31,36). The number of carbonyl (C=O) groups excluding carboxylic acids is 1. The van der Waals surface area contributed by atoms with Crippen molar-refractivity contribution >= 4 is 44.1 Å². The molecule has 2 saturated heterocycles. The molecule has 222 valence electrons. The number of aromatic amines is 1. The van der Waals surface area contributed by atoms with E-state index in [1.54, 1.807) is 12.1 Å². The third kappa shape index (κ3) is 6.81. The molecule has 2 fully saturated rings. The highest BCUT2D eigenvalue weighted by Crippen LogP contribution is 2.37. The lowest BCUT2D eigenvalue weighted by molar-refractivity contribution is -0.0249. The summed E-state index contributed by atoms with van der Waals surface area (Å²) in [5, 5.41) is 4.24. The topological polar surface area (TPSA) is 130 Å². The van der Waals surface area contributed by atoms with E-state index in [9.17, 15) is 13.2 Å². The molecular formula is C29H38ClN5O5S. The van der Waals surface area contributed by atoms with Crippen molar-refractivity contribution in [2.45, 2.75) is 43.7 Å². The van der Waals surface area contributed by atoms with Crippen LogP contribution in [-0.2, 0) is 14.8 Å². The summed E-state index contributed by atoms with van der Waals surface area (Å²) >= 11 is 6.52. The molecule has 0 aliphatic carbocycles. The Labute approximate surface area is 246 Å². The zero-order chi connectivity index (χ0) is 29.1. The van der Waals surface area contributed by atoms with Crippen molar-refractivity contribution in [1.82, 2.24) is 14.2 Å². The van der Waals surface area contributed by atoms with E-state index >= 15 is 0 Å². The zero-order valence-electron chi connectivity index (χ0n) is 23.4. The first kappa shape index (κ1) is 29.7. The first-order chi connectivity index (χ1) is 19.6. The van der Waals surface area contributed by atoms with Gasteiger partial charge in [-0.05, 0) is 43.0 Å². The molecule has 2 aliphatic heterocycles. The van der Waals surface area contributed by atoms with Crippen LogP contribution in [0.1, 0.15) is 37.2 Å². The average Bonchev–Trinajstić information content (AvgIpc) is 3.34. The minimum atomic E-state index is -4.15. The van der Waals surface area contributed by atoms with Crippen LogP contribution in [0, 0.1) is 5.92 Å². The summed E-state index contributed by atoms with van der Waals surface area (Å²) in [4.78, 5) is 17.9. The largest absolute Gasteiger partial charge is 0.491 e. The number of sulfonamides is 1. The minimum absolute atomic E-state index is 0.0701. The van der Waals surface area contributed by atoms with Gasteiger partial charge in [0.1, 0.15) is 29.0 Å². The zero-order valence-corrected chi connectivity index (χ0v) is 25.0. The smallest absolute Gasteiger partial charge is 0.266 e. The van der Waals surface area contributed by atoms with E-state index in [4.69, 9.17) is 26.8 Å². The summed E-state index contributed by atoms with van der Waals surface area (Å²) in [6, 6.07) is 12.8. The lowest BCUT2D eigenvalue weighted by Gasteiger charge is -2.34. The maximum atomic E-state index is 14.1. The number of halogens is 1. The van der Waals surface area contributed by atoms with Crippen LogP contribution in [0.4, 0.5) is 5.69 Å². The van der Waals surface area contributed by atoms with Crippen LogP contribution < -0.4 is 15.8 Å². The quantitative estimate of drug-likeness (QED) is 0.320. The summed E-state index contributed by atoms with van der Waals surface area (Å²) < 4.78 is 41.1. The Morgan fingerprint density at radius 2 is 1.93 bits per heavy atom. The fourth-order valence-corrected chi connectivity index (χ4v) is 7.64. The minimum Gasteiger partial charge on any atom is -0.491 e. The van der Waals surface area contributed by atoms with Gasteiger partial charge in [-0.25, -0.2) is 8.42 Å². The van der Waals surface area contributed by atoms with Gasteiger partial charge in [0.25, 0.3) is 5.91 Å². The highest BCUT2D eigenvalue weighted by molar-refractivity contribution is 7.89.